The van der Waals surface area contributed by atoms with Crippen LogP contribution in [0.1, 0.15) is 258 Å². The zero-order valence-electron chi connectivity index (χ0n) is 45.5. The number of carbonyl (C=O) groups excluding carboxylic acids is 2. The fourth-order valence-electron chi connectivity index (χ4n) is 7.90. The maximum absolute atomic E-state index is 12.3. The van der Waals surface area contributed by atoms with Gasteiger partial charge in [-0.1, -0.05) is 257 Å². The second-order valence-electron chi connectivity index (χ2n) is 19.0. The van der Waals surface area contributed by atoms with Crippen LogP contribution >= 0.6 is 0 Å². The molecular weight excluding hydrogens is 861 g/mol. The molecule has 1 unspecified atom stereocenters. The quantitative estimate of drug-likeness (QED) is 0.0374. The molecule has 70 heavy (non-hydrogen) atoms. The van der Waals surface area contributed by atoms with Crippen LogP contribution in [-0.2, 0) is 19.1 Å². The molecule has 0 aromatic rings. The van der Waals surface area contributed by atoms with E-state index in [0.29, 0.717) is 12.8 Å². The first-order chi connectivity index (χ1) is 34.6. The van der Waals surface area contributed by atoms with Crippen molar-refractivity contribution in [1.29, 1.82) is 0 Å². The molecule has 0 rings (SSSR count). The summed E-state index contributed by atoms with van der Waals surface area (Å²) in [6.45, 7) is 4.00. The summed E-state index contributed by atoms with van der Waals surface area (Å²) in [5.41, 5.74) is 0. The highest BCUT2D eigenvalue weighted by Crippen LogP contribution is 2.15. The summed E-state index contributed by atoms with van der Waals surface area (Å²) in [4.78, 5) is 24.5. The zero-order valence-corrected chi connectivity index (χ0v) is 45.5. The van der Waals surface area contributed by atoms with Crippen molar-refractivity contribution in [2.24, 2.45) is 0 Å². The van der Waals surface area contributed by atoms with Crippen LogP contribution < -0.4 is 0 Å². The van der Waals surface area contributed by atoms with E-state index in [2.05, 4.69) is 135 Å². The van der Waals surface area contributed by atoms with Crippen molar-refractivity contribution in [3.05, 3.63) is 122 Å². The normalized spacial score (nSPS) is 13.1. The molecule has 0 aliphatic rings. The monoisotopic (exact) mass is 969 g/mol. The molecule has 398 valence electrons. The van der Waals surface area contributed by atoms with Gasteiger partial charge < -0.3 is 14.6 Å². The van der Waals surface area contributed by atoms with Crippen molar-refractivity contribution >= 4 is 11.9 Å². The second kappa shape index (κ2) is 59.6. The first-order valence-electron chi connectivity index (χ1n) is 29.1. The summed E-state index contributed by atoms with van der Waals surface area (Å²) in [6.07, 6.45) is 87.4. The van der Waals surface area contributed by atoms with E-state index < -0.39 is 6.10 Å². The zero-order chi connectivity index (χ0) is 50.6. The SMILES string of the molecule is CC/C=C\C/C=C\C/C=C\C/C=C\C/C=C\C/C=C\C/C=C\C/C=C\CCCCCCCCCCCCCCCCC(=O)OC(CO)COC(=O)CCCCCCCCC/C=C\C/C=C\CCCCC. The van der Waals surface area contributed by atoms with Gasteiger partial charge in [0.05, 0.1) is 6.61 Å². The Morgan fingerprint density at radius 1 is 0.343 bits per heavy atom. The molecule has 0 fully saturated rings. The number of ether oxygens (including phenoxy) is 2. The molecule has 0 bridgehead atoms. The molecule has 5 heteroatoms. The van der Waals surface area contributed by atoms with Gasteiger partial charge in [0.1, 0.15) is 6.61 Å². The molecule has 0 saturated heterocycles. The number of unbranched alkanes of at least 4 members (excludes halogenated alkanes) is 24. The van der Waals surface area contributed by atoms with Gasteiger partial charge in [-0.15, -0.1) is 0 Å². The van der Waals surface area contributed by atoms with Crippen molar-refractivity contribution in [3.63, 3.8) is 0 Å². The van der Waals surface area contributed by atoms with Gasteiger partial charge in [-0.3, -0.25) is 9.59 Å². The number of aliphatic hydroxyl groups excluding tert-OH is 1. The first-order valence-corrected chi connectivity index (χ1v) is 29.1. The van der Waals surface area contributed by atoms with Crippen LogP contribution in [0.25, 0.3) is 0 Å². The van der Waals surface area contributed by atoms with Crippen LogP contribution in [0.15, 0.2) is 122 Å². The van der Waals surface area contributed by atoms with Gasteiger partial charge in [-0.05, 0) is 109 Å². The number of allylic oxidation sites excluding steroid dienone is 20. The summed E-state index contributed by atoms with van der Waals surface area (Å²) in [6, 6.07) is 0. The van der Waals surface area contributed by atoms with Crippen LogP contribution in [0.2, 0.25) is 0 Å². The Morgan fingerprint density at radius 2 is 0.614 bits per heavy atom. The highest BCUT2D eigenvalue weighted by atomic mass is 16.6. The van der Waals surface area contributed by atoms with Crippen LogP contribution in [0, 0.1) is 0 Å². The van der Waals surface area contributed by atoms with E-state index in [-0.39, 0.29) is 25.2 Å². The summed E-state index contributed by atoms with van der Waals surface area (Å²) < 4.78 is 10.7. The lowest BCUT2D eigenvalue weighted by Gasteiger charge is -2.15. The van der Waals surface area contributed by atoms with Crippen molar-refractivity contribution < 1.29 is 24.2 Å². The van der Waals surface area contributed by atoms with Gasteiger partial charge in [0.2, 0.25) is 0 Å². The highest BCUT2D eigenvalue weighted by Gasteiger charge is 2.16. The maximum Gasteiger partial charge on any atom is 0.306 e. The summed E-state index contributed by atoms with van der Waals surface area (Å²) in [7, 11) is 0. The molecule has 0 spiro atoms. The summed E-state index contributed by atoms with van der Waals surface area (Å²) in [5, 5.41) is 9.64. The molecule has 0 aromatic heterocycles. The van der Waals surface area contributed by atoms with E-state index in [4.69, 9.17) is 9.47 Å². The Bertz CT molecular complexity index is 1420. The third kappa shape index (κ3) is 56.9. The largest absolute Gasteiger partial charge is 0.462 e. The third-order valence-corrected chi connectivity index (χ3v) is 12.2. The van der Waals surface area contributed by atoms with Gasteiger partial charge in [-0.2, -0.15) is 0 Å². The Balaban J connectivity index is 3.53. The van der Waals surface area contributed by atoms with E-state index in [0.717, 1.165) is 103 Å². The Morgan fingerprint density at radius 3 is 0.929 bits per heavy atom. The molecular formula is C65H108O5. The standard InChI is InChI=1S/C65H108O5/c1-3-5-7-9-11-13-15-17-19-21-22-23-24-25-26-27-28-29-30-31-32-33-34-35-36-37-38-39-40-41-42-44-46-48-50-52-54-56-58-60-65(68)70-63(61-66)62-69-64(67)59-57-55-53-51-49-47-45-43-20-18-16-14-12-10-8-6-4-2/h5,7,11-14,17-20,22-23,25-26,28-29,31-32,34-35,63,66H,3-4,6,8-10,15-16,21,24,27,30,33,36-62H2,1-2H3/b7-5-,13-11-,14-12-,19-17-,20-18-,23-22-,26-25-,29-28-,32-31-,35-34-. The number of aliphatic hydroxyl groups is 1. The fraction of sp³-hybridized carbons (Fsp3) is 0.662. The minimum atomic E-state index is -0.782. The Kier molecular flexibility index (Phi) is 56.5. The van der Waals surface area contributed by atoms with Crippen molar-refractivity contribution in [2.45, 2.75) is 264 Å². The van der Waals surface area contributed by atoms with Crippen molar-refractivity contribution in [1.82, 2.24) is 0 Å². The second-order valence-corrected chi connectivity index (χ2v) is 19.0. The van der Waals surface area contributed by atoms with Crippen LogP contribution in [0.3, 0.4) is 0 Å². The van der Waals surface area contributed by atoms with E-state index in [9.17, 15) is 14.7 Å². The molecule has 0 heterocycles. The molecule has 0 aliphatic carbocycles. The van der Waals surface area contributed by atoms with Gasteiger partial charge in [0, 0.05) is 12.8 Å². The summed E-state index contributed by atoms with van der Waals surface area (Å²) in [5.74, 6) is -0.601. The molecule has 5 nitrogen and oxygen atoms in total. The van der Waals surface area contributed by atoms with E-state index in [1.54, 1.807) is 0 Å². The van der Waals surface area contributed by atoms with E-state index in [1.807, 2.05) is 0 Å². The van der Waals surface area contributed by atoms with Crippen LogP contribution in [-0.4, -0.2) is 36.4 Å². The van der Waals surface area contributed by atoms with Gasteiger partial charge in [-0.25, -0.2) is 0 Å². The highest BCUT2D eigenvalue weighted by molar-refractivity contribution is 5.70. The summed E-state index contributed by atoms with van der Waals surface area (Å²) >= 11 is 0. The topological polar surface area (TPSA) is 72.8 Å². The predicted octanol–water partition coefficient (Wildman–Crippen LogP) is 19.9. The lowest BCUT2D eigenvalue weighted by atomic mass is 10.0. The van der Waals surface area contributed by atoms with Crippen molar-refractivity contribution in [3.8, 4) is 0 Å². The maximum atomic E-state index is 12.3. The van der Waals surface area contributed by atoms with Gasteiger partial charge in [0.25, 0.3) is 0 Å². The third-order valence-electron chi connectivity index (χ3n) is 12.2. The lowest BCUT2D eigenvalue weighted by molar-refractivity contribution is -0.161. The first kappa shape index (κ1) is 66.3. The molecule has 0 radical (unpaired) electrons. The predicted molar refractivity (Wildman–Crippen MR) is 306 cm³/mol. The van der Waals surface area contributed by atoms with Crippen LogP contribution in [0.5, 0.6) is 0 Å². The average Bonchev–Trinajstić information content (AvgIpc) is 3.36. The number of carbonyl (C=O) groups is 2. The molecule has 0 aromatic carbocycles. The molecule has 0 saturated carbocycles. The molecule has 1 N–H and O–H groups in total. The number of hydrogen-bond acceptors (Lipinski definition) is 5. The number of esters is 2. The van der Waals surface area contributed by atoms with Crippen molar-refractivity contribution in [2.75, 3.05) is 13.2 Å². The Labute approximate surface area is 433 Å². The minimum Gasteiger partial charge on any atom is -0.462 e. The smallest absolute Gasteiger partial charge is 0.306 e. The minimum absolute atomic E-state index is 0.0740. The fourth-order valence-corrected chi connectivity index (χ4v) is 7.90. The van der Waals surface area contributed by atoms with Gasteiger partial charge >= 0.3 is 11.9 Å². The Hall–Kier alpha value is -3.70. The number of rotatable bonds is 52. The molecule has 1 atom stereocenters. The number of hydrogen-bond donors (Lipinski definition) is 1. The van der Waals surface area contributed by atoms with E-state index >= 15 is 0 Å². The lowest BCUT2D eigenvalue weighted by Crippen LogP contribution is -2.28. The van der Waals surface area contributed by atoms with Gasteiger partial charge in [0.15, 0.2) is 6.10 Å². The average molecular weight is 970 g/mol. The molecule has 0 aliphatic heterocycles. The van der Waals surface area contributed by atoms with E-state index in [1.165, 1.54) is 128 Å². The molecule has 0 amide bonds. The van der Waals surface area contributed by atoms with Crippen LogP contribution in [0.4, 0.5) is 0 Å².